The molecule has 1 atom stereocenters. The van der Waals surface area contributed by atoms with Crippen LogP contribution in [0.15, 0.2) is 29.2 Å². The number of carbonyl (C=O) groups is 1. The molecule has 0 heterocycles. The maximum absolute atomic E-state index is 11.8. The van der Waals surface area contributed by atoms with Crippen molar-refractivity contribution in [3.05, 3.63) is 29.8 Å². The molecule has 0 aliphatic carbocycles. The van der Waals surface area contributed by atoms with E-state index in [2.05, 4.69) is 4.72 Å². The number of amides is 1. The fraction of sp³-hybridized carbons (Fsp3) is 0.300. The van der Waals surface area contributed by atoms with Gasteiger partial charge in [0.15, 0.2) is 0 Å². The predicted molar refractivity (Wildman–Crippen MR) is 60.2 cm³/mol. The van der Waals surface area contributed by atoms with E-state index in [-0.39, 0.29) is 4.90 Å². The van der Waals surface area contributed by atoms with Crippen molar-refractivity contribution in [3.63, 3.8) is 0 Å². The molecule has 1 amide bonds. The summed E-state index contributed by atoms with van der Waals surface area (Å²) >= 11 is 0. The fourth-order valence-electron chi connectivity index (χ4n) is 1.14. The van der Waals surface area contributed by atoms with Crippen LogP contribution in [-0.4, -0.2) is 20.4 Å². The van der Waals surface area contributed by atoms with Crippen LogP contribution in [0.25, 0.3) is 0 Å². The average Bonchev–Trinajstić information content (AvgIpc) is 2.17. The van der Waals surface area contributed by atoms with Crippen molar-refractivity contribution in [2.45, 2.75) is 24.8 Å². The highest BCUT2D eigenvalue weighted by Gasteiger charge is 2.19. The first kappa shape index (κ1) is 12.7. The van der Waals surface area contributed by atoms with E-state index in [4.69, 9.17) is 5.73 Å². The molecule has 0 aromatic heterocycles. The lowest BCUT2D eigenvalue weighted by atomic mass is 10.2. The van der Waals surface area contributed by atoms with Gasteiger partial charge in [0.25, 0.3) is 0 Å². The Hall–Kier alpha value is -1.40. The number of nitrogens with one attached hydrogen (secondary N) is 1. The molecule has 1 aromatic carbocycles. The van der Waals surface area contributed by atoms with E-state index in [1.165, 1.54) is 19.1 Å². The summed E-state index contributed by atoms with van der Waals surface area (Å²) in [5.41, 5.74) is 5.81. The number of hydrogen-bond acceptors (Lipinski definition) is 3. The van der Waals surface area contributed by atoms with Crippen LogP contribution in [0, 0.1) is 6.92 Å². The average molecular weight is 242 g/mol. The number of rotatable bonds is 4. The summed E-state index contributed by atoms with van der Waals surface area (Å²) in [5.74, 6) is -0.712. The molecule has 1 unspecified atom stereocenters. The minimum atomic E-state index is -3.68. The van der Waals surface area contributed by atoms with Crippen LogP contribution in [0.2, 0.25) is 0 Å². The largest absolute Gasteiger partial charge is 0.368 e. The number of aryl methyl sites for hydroxylation is 1. The summed E-state index contributed by atoms with van der Waals surface area (Å²) in [6, 6.07) is 5.49. The zero-order valence-corrected chi connectivity index (χ0v) is 9.91. The first-order chi connectivity index (χ1) is 7.33. The maximum Gasteiger partial charge on any atom is 0.241 e. The molecular formula is C10H14N2O3S. The zero-order valence-electron chi connectivity index (χ0n) is 9.10. The summed E-state index contributed by atoms with van der Waals surface area (Å²) in [7, 11) is -3.68. The van der Waals surface area contributed by atoms with Gasteiger partial charge in [-0.15, -0.1) is 0 Å². The number of carbonyl (C=O) groups excluding carboxylic acids is 1. The molecule has 0 saturated carbocycles. The van der Waals surface area contributed by atoms with Gasteiger partial charge in [-0.05, 0) is 31.5 Å². The fourth-order valence-corrected chi connectivity index (χ4v) is 2.46. The second-order valence-electron chi connectivity index (χ2n) is 3.56. The topological polar surface area (TPSA) is 89.3 Å². The third kappa shape index (κ3) is 3.04. The number of hydrogen-bond donors (Lipinski definition) is 2. The van der Waals surface area contributed by atoms with Gasteiger partial charge in [0.2, 0.25) is 15.9 Å². The van der Waals surface area contributed by atoms with Crippen molar-refractivity contribution in [2.24, 2.45) is 5.73 Å². The van der Waals surface area contributed by atoms with Gasteiger partial charge in [-0.25, -0.2) is 8.42 Å². The van der Waals surface area contributed by atoms with E-state index in [1.54, 1.807) is 19.1 Å². The molecule has 1 aromatic rings. The molecule has 0 spiro atoms. The normalized spacial score (nSPS) is 13.4. The first-order valence-corrected chi connectivity index (χ1v) is 6.19. The molecule has 6 heteroatoms. The van der Waals surface area contributed by atoms with E-state index in [1.807, 2.05) is 0 Å². The van der Waals surface area contributed by atoms with E-state index in [9.17, 15) is 13.2 Å². The minimum absolute atomic E-state index is 0.126. The molecule has 3 N–H and O–H groups in total. The highest BCUT2D eigenvalue weighted by atomic mass is 32.2. The van der Waals surface area contributed by atoms with Crippen molar-refractivity contribution in [2.75, 3.05) is 0 Å². The van der Waals surface area contributed by atoms with Gasteiger partial charge in [-0.1, -0.05) is 12.1 Å². The minimum Gasteiger partial charge on any atom is -0.368 e. The Labute approximate surface area is 94.7 Å². The molecule has 5 nitrogen and oxygen atoms in total. The summed E-state index contributed by atoms with van der Waals surface area (Å²) < 4.78 is 25.8. The highest BCUT2D eigenvalue weighted by molar-refractivity contribution is 7.89. The molecular weight excluding hydrogens is 228 g/mol. The predicted octanol–water partition coefficient (Wildman–Crippen LogP) is 0.147. The summed E-state index contributed by atoms with van der Waals surface area (Å²) in [4.78, 5) is 10.9. The van der Waals surface area contributed by atoms with E-state index in [0.29, 0.717) is 0 Å². The van der Waals surface area contributed by atoms with Gasteiger partial charge in [-0.3, -0.25) is 4.79 Å². The molecule has 0 bridgehead atoms. The van der Waals surface area contributed by atoms with E-state index >= 15 is 0 Å². The van der Waals surface area contributed by atoms with Crippen molar-refractivity contribution in [1.82, 2.24) is 4.72 Å². The lowest BCUT2D eigenvalue weighted by molar-refractivity contribution is -0.119. The Morgan fingerprint density at radius 2 is 2.06 bits per heavy atom. The Kier molecular flexibility index (Phi) is 3.66. The molecule has 0 saturated heterocycles. The van der Waals surface area contributed by atoms with E-state index < -0.39 is 22.0 Å². The first-order valence-electron chi connectivity index (χ1n) is 4.71. The van der Waals surface area contributed by atoms with Crippen molar-refractivity contribution >= 4 is 15.9 Å². The third-order valence-corrected chi connectivity index (χ3v) is 3.60. The zero-order chi connectivity index (χ0) is 12.3. The van der Waals surface area contributed by atoms with Crippen LogP contribution in [-0.2, 0) is 14.8 Å². The Morgan fingerprint density at radius 1 is 1.44 bits per heavy atom. The lowest BCUT2D eigenvalue weighted by Gasteiger charge is -2.11. The molecule has 0 aliphatic heterocycles. The third-order valence-electron chi connectivity index (χ3n) is 2.06. The Balaban J connectivity index is 2.99. The van der Waals surface area contributed by atoms with Crippen molar-refractivity contribution in [3.8, 4) is 0 Å². The molecule has 0 fully saturated rings. The van der Waals surface area contributed by atoms with Gasteiger partial charge in [0.05, 0.1) is 10.9 Å². The molecule has 0 radical (unpaired) electrons. The van der Waals surface area contributed by atoms with Crippen LogP contribution in [0.1, 0.15) is 12.5 Å². The van der Waals surface area contributed by atoms with Crippen LogP contribution in [0.4, 0.5) is 0 Å². The van der Waals surface area contributed by atoms with E-state index in [0.717, 1.165) is 5.56 Å². The molecule has 1 rings (SSSR count). The highest BCUT2D eigenvalue weighted by Crippen LogP contribution is 2.10. The second kappa shape index (κ2) is 4.63. The monoisotopic (exact) mass is 242 g/mol. The van der Waals surface area contributed by atoms with Crippen LogP contribution in [0.3, 0.4) is 0 Å². The lowest BCUT2D eigenvalue weighted by Crippen LogP contribution is -2.42. The van der Waals surface area contributed by atoms with Gasteiger partial charge < -0.3 is 5.73 Å². The molecule has 88 valence electrons. The van der Waals surface area contributed by atoms with Gasteiger partial charge in [0.1, 0.15) is 0 Å². The van der Waals surface area contributed by atoms with Crippen molar-refractivity contribution in [1.29, 1.82) is 0 Å². The van der Waals surface area contributed by atoms with Gasteiger partial charge in [-0.2, -0.15) is 4.72 Å². The summed E-state index contributed by atoms with van der Waals surface area (Å²) in [5, 5.41) is 0. The van der Waals surface area contributed by atoms with Crippen LogP contribution in [0.5, 0.6) is 0 Å². The number of benzene rings is 1. The summed E-state index contributed by atoms with van der Waals surface area (Å²) in [6.45, 7) is 3.19. The SMILES string of the molecule is Cc1cccc(S(=O)(=O)NC(C)C(N)=O)c1. The van der Waals surface area contributed by atoms with Gasteiger partial charge in [0, 0.05) is 0 Å². The van der Waals surface area contributed by atoms with Crippen LogP contribution >= 0.6 is 0 Å². The van der Waals surface area contributed by atoms with Crippen molar-refractivity contribution < 1.29 is 13.2 Å². The standard InChI is InChI=1S/C10H14N2O3S/c1-7-4-3-5-9(6-7)16(14,15)12-8(2)10(11)13/h3-6,8,12H,1-2H3,(H2,11,13). The Morgan fingerprint density at radius 3 is 2.56 bits per heavy atom. The maximum atomic E-state index is 11.8. The number of primary amides is 1. The summed E-state index contributed by atoms with van der Waals surface area (Å²) in [6.07, 6.45) is 0. The molecule has 0 aliphatic rings. The number of sulfonamides is 1. The number of nitrogens with two attached hydrogens (primary N) is 1. The second-order valence-corrected chi connectivity index (χ2v) is 5.28. The molecule has 16 heavy (non-hydrogen) atoms. The quantitative estimate of drug-likeness (QED) is 0.787. The van der Waals surface area contributed by atoms with Crippen LogP contribution < -0.4 is 10.5 Å². The smallest absolute Gasteiger partial charge is 0.241 e. The van der Waals surface area contributed by atoms with Gasteiger partial charge >= 0.3 is 0 Å². The Bertz CT molecular complexity index is 497.